The molecule has 4 heteroatoms. The smallest absolute Gasteiger partial charge is 0.0636 e. The Hall–Kier alpha value is 0.170. The van der Waals surface area contributed by atoms with E-state index in [1.807, 2.05) is 0 Å². The van der Waals surface area contributed by atoms with Crippen LogP contribution in [0.5, 0.6) is 0 Å². The molecule has 0 heterocycles. The number of rotatable bonds is 3. The minimum absolute atomic E-state index is 0. The molecule has 0 unspecified atom stereocenters. The molecule has 0 aliphatic rings. The van der Waals surface area contributed by atoms with Crippen LogP contribution in [0.4, 0.5) is 0 Å². The fourth-order valence-corrected chi connectivity index (χ4v) is 0.267. The number of aliphatic hydroxyl groups is 1. The summed E-state index contributed by atoms with van der Waals surface area (Å²) in [6.07, 6.45) is 0. The molecule has 0 radical (unpaired) electrons. The summed E-state index contributed by atoms with van der Waals surface area (Å²) in [6, 6.07) is -0.218. The lowest BCUT2D eigenvalue weighted by Crippen LogP contribution is -2.29. The van der Waals surface area contributed by atoms with Gasteiger partial charge in [0.15, 0.2) is 0 Å². The first-order chi connectivity index (χ1) is 3.31. The van der Waals surface area contributed by atoms with Crippen molar-refractivity contribution < 1.29 is 9.84 Å². The summed E-state index contributed by atoms with van der Waals surface area (Å²) in [5, 5.41) is 8.26. The topological polar surface area (TPSA) is 55.5 Å². The number of methoxy groups -OCH3 is 1. The van der Waals surface area contributed by atoms with Gasteiger partial charge in [0.05, 0.1) is 19.3 Å². The lowest BCUT2D eigenvalue weighted by atomic mass is 10.4. The molecule has 0 rings (SSSR count). The number of hydrogen-bond acceptors (Lipinski definition) is 3. The largest absolute Gasteiger partial charge is 0.395 e. The van der Waals surface area contributed by atoms with E-state index >= 15 is 0 Å². The Morgan fingerprint density at radius 1 is 1.75 bits per heavy atom. The number of hydrogen-bond donors (Lipinski definition) is 2. The maximum atomic E-state index is 8.26. The Kier molecular flexibility index (Phi) is 9.89. The maximum absolute atomic E-state index is 8.26. The molecule has 3 N–H and O–H groups in total. The summed E-state index contributed by atoms with van der Waals surface area (Å²) in [4.78, 5) is 0. The highest BCUT2D eigenvalue weighted by Gasteiger charge is 1.94. The highest BCUT2D eigenvalue weighted by molar-refractivity contribution is 5.85. The second-order valence-electron chi connectivity index (χ2n) is 1.40. The number of halogens is 1. The van der Waals surface area contributed by atoms with Gasteiger partial charge >= 0.3 is 0 Å². The van der Waals surface area contributed by atoms with E-state index in [-0.39, 0.29) is 25.1 Å². The van der Waals surface area contributed by atoms with Crippen molar-refractivity contribution >= 4 is 12.4 Å². The van der Waals surface area contributed by atoms with Crippen molar-refractivity contribution in [2.75, 3.05) is 20.3 Å². The first-order valence-electron chi connectivity index (χ1n) is 2.16. The van der Waals surface area contributed by atoms with E-state index in [4.69, 9.17) is 10.8 Å². The number of nitrogens with two attached hydrogens (primary N) is 1. The fourth-order valence-electron chi connectivity index (χ4n) is 0.267. The average molecular weight is 142 g/mol. The Balaban J connectivity index is 0. The van der Waals surface area contributed by atoms with Crippen LogP contribution in [-0.2, 0) is 4.74 Å². The second-order valence-corrected chi connectivity index (χ2v) is 1.40. The third-order valence-corrected chi connectivity index (χ3v) is 0.615. The van der Waals surface area contributed by atoms with E-state index in [0.717, 1.165) is 0 Å². The highest BCUT2D eigenvalue weighted by atomic mass is 35.5. The molecule has 0 bridgehead atoms. The second kappa shape index (κ2) is 7.17. The van der Waals surface area contributed by atoms with E-state index in [0.29, 0.717) is 6.61 Å². The van der Waals surface area contributed by atoms with Crippen LogP contribution in [-0.4, -0.2) is 31.5 Å². The van der Waals surface area contributed by atoms with Crippen LogP contribution in [0.3, 0.4) is 0 Å². The van der Waals surface area contributed by atoms with E-state index in [2.05, 4.69) is 4.74 Å². The predicted molar refractivity (Wildman–Crippen MR) is 34.2 cm³/mol. The number of aliphatic hydroxyl groups excluding tert-OH is 1. The van der Waals surface area contributed by atoms with Crippen molar-refractivity contribution in [2.24, 2.45) is 5.73 Å². The van der Waals surface area contributed by atoms with Gasteiger partial charge in [-0.2, -0.15) is 0 Å². The van der Waals surface area contributed by atoms with Crippen molar-refractivity contribution in [1.29, 1.82) is 0 Å². The van der Waals surface area contributed by atoms with Gasteiger partial charge in [-0.25, -0.2) is 0 Å². The molecular formula is C4H12ClNO2. The fraction of sp³-hybridized carbons (Fsp3) is 1.00. The zero-order valence-corrected chi connectivity index (χ0v) is 5.65. The van der Waals surface area contributed by atoms with Crippen LogP contribution >= 0.6 is 12.4 Å². The molecule has 0 fully saturated rings. The predicted octanol–water partition coefficient (Wildman–Crippen LogP) is -0.626. The van der Waals surface area contributed by atoms with Gasteiger partial charge in [-0.05, 0) is 0 Å². The molecule has 0 saturated carbocycles. The van der Waals surface area contributed by atoms with Crippen molar-refractivity contribution in [3.63, 3.8) is 0 Å². The number of ether oxygens (including phenoxy) is 1. The molecule has 52 valence electrons. The third kappa shape index (κ3) is 6.17. The lowest BCUT2D eigenvalue weighted by molar-refractivity contribution is 0.146. The summed E-state index contributed by atoms with van der Waals surface area (Å²) in [5.74, 6) is 0. The lowest BCUT2D eigenvalue weighted by Gasteiger charge is -2.03. The summed E-state index contributed by atoms with van der Waals surface area (Å²) in [6.45, 7) is 0.421. The third-order valence-electron chi connectivity index (χ3n) is 0.615. The Labute approximate surface area is 55.2 Å². The van der Waals surface area contributed by atoms with Crippen LogP contribution < -0.4 is 5.73 Å². The highest BCUT2D eigenvalue weighted by Crippen LogP contribution is 1.73. The van der Waals surface area contributed by atoms with Crippen LogP contribution in [0.1, 0.15) is 0 Å². The molecular weight excluding hydrogens is 130 g/mol. The Morgan fingerprint density at radius 3 is 2.38 bits per heavy atom. The van der Waals surface area contributed by atoms with Crippen LogP contribution in [0.15, 0.2) is 0 Å². The summed E-state index contributed by atoms with van der Waals surface area (Å²) < 4.78 is 4.61. The molecule has 0 aromatic rings. The van der Waals surface area contributed by atoms with Crippen molar-refractivity contribution in [3.8, 4) is 0 Å². The molecule has 0 aromatic heterocycles. The normalized spacial score (nSPS) is 12.4. The van der Waals surface area contributed by atoms with Crippen LogP contribution in [0.25, 0.3) is 0 Å². The van der Waals surface area contributed by atoms with Gasteiger partial charge < -0.3 is 15.6 Å². The summed E-state index contributed by atoms with van der Waals surface area (Å²) >= 11 is 0. The standard InChI is InChI=1S/C4H11NO2.ClH/c1-7-3-4(5)2-6;/h4,6H,2-3,5H2,1H3;1H/t4-;/m0./s1. The van der Waals surface area contributed by atoms with Crippen LogP contribution in [0, 0.1) is 0 Å². The molecule has 0 saturated heterocycles. The molecule has 0 aromatic carbocycles. The first kappa shape index (κ1) is 11.0. The van der Waals surface area contributed by atoms with Gasteiger partial charge in [0, 0.05) is 7.11 Å². The average Bonchev–Trinajstić information content (AvgIpc) is 1.68. The van der Waals surface area contributed by atoms with Crippen LogP contribution in [0.2, 0.25) is 0 Å². The Bertz CT molecular complexity index is 45.0. The van der Waals surface area contributed by atoms with E-state index in [1.165, 1.54) is 0 Å². The van der Waals surface area contributed by atoms with Gasteiger partial charge in [-0.3, -0.25) is 0 Å². The van der Waals surface area contributed by atoms with Gasteiger partial charge in [-0.1, -0.05) is 0 Å². The summed E-state index contributed by atoms with van der Waals surface area (Å²) in [7, 11) is 1.55. The molecule has 0 aliphatic carbocycles. The minimum Gasteiger partial charge on any atom is -0.395 e. The summed E-state index contributed by atoms with van der Waals surface area (Å²) in [5.41, 5.74) is 5.21. The maximum Gasteiger partial charge on any atom is 0.0636 e. The van der Waals surface area contributed by atoms with Gasteiger partial charge in [-0.15, -0.1) is 12.4 Å². The van der Waals surface area contributed by atoms with Gasteiger partial charge in [0.25, 0.3) is 0 Å². The molecule has 1 atom stereocenters. The Morgan fingerprint density at radius 2 is 2.25 bits per heavy atom. The first-order valence-corrected chi connectivity index (χ1v) is 2.16. The van der Waals surface area contributed by atoms with Crippen molar-refractivity contribution in [2.45, 2.75) is 6.04 Å². The molecule has 0 aliphatic heterocycles. The van der Waals surface area contributed by atoms with Gasteiger partial charge in [0.1, 0.15) is 0 Å². The molecule has 0 amide bonds. The minimum atomic E-state index is -0.218. The quantitative estimate of drug-likeness (QED) is 0.551. The van der Waals surface area contributed by atoms with Crippen molar-refractivity contribution in [1.82, 2.24) is 0 Å². The van der Waals surface area contributed by atoms with Crippen molar-refractivity contribution in [3.05, 3.63) is 0 Å². The van der Waals surface area contributed by atoms with E-state index in [1.54, 1.807) is 7.11 Å². The van der Waals surface area contributed by atoms with E-state index < -0.39 is 0 Å². The molecule has 8 heavy (non-hydrogen) atoms. The van der Waals surface area contributed by atoms with Gasteiger partial charge in [0.2, 0.25) is 0 Å². The van der Waals surface area contributed by atoms with E-state index in [9.17, 15) is 0 Å². The molecule has 3 nitrogen and oxygen atoms in total. The SMILES string of the molecule is COC[C@@H](N)CO.Cl. The molecule has 0 spiro atoms. The zero-order chi connectivity index (χ0) is 5.70. The monoisotopic (exact) mass is 141 g/mol. The zero-order valence-electron chi connectivity index (χ0n) is 4.83.